The largest absolute Gasteiger partial charge is 0.418 e. The second kappa shape index (κ2) is 4.61. The summed E-state index contributed by atoms with van der Waals surface area (Å²) in [7, 11) is 1.61. The number of rotatable bonds is 2. The van der Waals surface area contributed by atoms with Crippen molar-refractivity contribution in [3.8, 4) is 0 Å². The van der Waals surface area contributed by atoms with E-state index in [2.05, 4.69) is 0 Å². The molecular formula is C13H18F3NO. The van der Waals surface area contributed by atoms with Gasteiger partial charge in [-0.3, -0.25) is 0 Å². The summed E-state index contributed by atoms with van der Waals surface area (Å²) in [5, 5.41) is 0. The van der Waals surface area contributed by atoms with E-state index in [1.165, 1.54) is 6.07 Å². The lowest BCUT2D eigenvalue weighted by atomic mass is 10.1. The first-order chi connectivity index (χ1) is 8.34. The molecule has 0 spiro atoms. The average Bonchev–Trinajstić information content (AvgIpc) is 2.66. The molecule has 2 heterocycles. The zero-order chi connectivity index (χ0) is 13.5. The first kappa shape index (κ1) is 13.5. The molecule has 102 valence electrons. The van der Waals surface area contributed by atoms with Crippen LogP contribution in [0.15, 0.2) is 6.07 Å². The summed E-state index contributed by atoms with van der Waals surface area (Å²) in [6, 6.07) is 1.29. The molecule has 0 bridgehead atoms. The van der Waals surface area contributed by atoms with Crippen LogP contribution in [0.3, 0.4) is 0 Å². The molecule has 0 N–H and O–H groups in total. The first-order valence-corrected chi connectivity index (χ1v) is 6.17. The van der Waals surface area contributed by atoms with Crippen molar-refractivity contribution in [1.29, 1.82) is 0 Å². The van der Waals surface area contributed by atoms with Gasteiger partial charge in [-0.15, -0.1) is 0 Å². The third-order valence-corrected chi connectivity index (χ3v) is 3.52. The molecule has 0 amide bonds. The van der Waals surface area contributed by atoms with Crippen LogP contribution in [-0.4, -0.2) is 17.8 Å². The van der Waals surface area contributed by atoms with Crippen LogP contribution in [0.4, 0.5) is 13.2 Å². The maximum absolute atomic E-state index is 13.0. The van der Waals surface area contributed by atoms with Gasteiger partial charge in [0.25, 0.3) is 0 Å². The normalized spacial score (nSPS) is 20.3. The zero-order valence-electron chi connectivity index (χ0n) is 10.8. The van der Waals surface area contributed by atoms with E-state index >= 15 is 0 Å². The zero-order valence-corrected chi connectivity index (χ0v) is 10.8. The van der Waals surface area contributed by atoms with Gasteiger partial charge in [-0.1, -0.05) is 13.8 Å². The van der Waals surface area contributed by atoms with E-state index in [0.29, 0.717) is 18.7 Å². The van der Waals surface area contributed by atoms with Crippen LogP contribution in [-0.2, 0) is 23.9 Å². The van der Waals surface area contributed by atoms with Crippen LogP contribution in [0.5, 0.6) is 0 Å². The Balaban J connectivity index is 2.48. The molecule has 0 aromatic carbocycles. The molecule has 1 atom stereocenters. The third-order valence-electron chi connectivity index (χ3n) is 3.52. The summed E-state index contributed by atoms with van der Waals surface area (Å²) in [4.78, 5) is 0. The van der Waals surface area contributed by atoms with Crippen LogP contribution in [0.1, 0.15) is 43.1 Å². The molecule has 18 heavy (non-hydrogen) atoms. The van der Waals surface area contributed by atoms with Gasteiger partial charge in [0.2, 0.25) is 0 Å². The predicted molar refractivity (Wildman–Crippen MR) is 62.6 cm³/mol. The number of nitrogens with zero attached hydrogens (tertiary/aromatic N) is 1. The number of hydrogen-bond donors (Lipinski definition) is 0. The number of aromatic nitrogens is 1. The second-order valence-corrected chi connectivity index (χ2v) is 5.09. The lowest BCUT2D eigenvalue weighted by molar-refractivity contribution is -0.138. The highest BCUT2D eigenvalue weighted by Gasteiger charge is 2.38. The molecule has 0 saturated carbocycles. The molecule has 0 aliphatic carbocycles. The van der Waals surface area contributed by atoms with Gasteiger partial charge < -0.3 is 9.30 Å². The summed E-state index contributed by atoms with van der Waals surface area (Å²) in [6.45, 7) is 4.22. The number of methoxy groups -OCH3 is 1. The smallest absolute Gasteiger partial charge is 0.381 e. The fourth-order valence-corrected chi connectivity index (χ4v) is 2.71. The van der Waals surface area contributed by atoms with Gasteiger partial charge in [0.15, 0.2) is 0 Å². The van der Waals surface area contributed by atoms with Crippen molar-refractivity contribution in [1.82, 2.24) is 4.57 Å². The van der Waals surface area contributed by atoms with Crippen LogP contribution in [0.2, 0.25) is 0 Å². The Bertz CT molecular complexity index is 434. The van der Waals surface area contributed by atoms with Crippen LogP contribution >= 0.6 is 0 Å². The van der Waals surface area contributed by atoms with Crippen LogP contribution in [0.25, 0.3) is 0 Å². The lowest BCUT2D eigenvalue weighted by Gasteiger charge is -2.26. The average molecular weight is 261 g/mol. The highest BCUT2D eigenvalue weighted by molar-refractivity contribution is 5.34. The van der Waals surface area contributed by atoms with Gasteiger partial charge in [-0.2, -0.15) is 13.2 Å². The van der Waals surface area contributed by atoms with Crippen molar-refractivity contribution in [2.75, 3.05) is 7.11 Å². The topological polar surface area (TPSA) is 14.2 Å². The quantitative estimate of drug-likeness (QED) is 0.793. The minimum absolute atomic E-state index is 0.0356. The molecule has 1 aromatic heterocycles. The minimum atomic E-state index is -4.27. The summed E-state index contributed by atoms with van der Waals surface area (Å²) in [6.07, 6.45) is -2.90. The Labute approximate surface area is 105 Å². The molecule has 1 unspecified atom stereocenters. The van der Waals surface area contributed by atoms with E-state index in [-0.39, 0.29) is 12.0 Å². The summed E-state index contributed by atoms with van der Waals surface area (Å²) < 4.78 is 46.2. The number of alkyl halides is 3. The Hall–Kier alpha value is -0.970. The Morgan fingerprint density at radius 3 is 2.56 bits per heavy atom. The Morgan fingerprint density at radius 1 is 1.39 bits per heavy atom. The molecule has 1 aromatic rings. The van der Waals surface area contributed by atoms with Gasteiger partial charge in [0.05, 0.1) is 11.7 Å². The highest BCUT2D eigenvalue weighted by Crippen LogP contribution is 2.39. The van der Waals surface area contributed by atoms with Gasteiger partial charge >= 0.3 is 6.18 Å². The second-order valence-electron chi connectivity index (χ2n) is 5.09. The van der Waals surface area contributed by atoms with Gasteiger partial charge in [0, 0.05) is 31.5 Å². The van der Waals surface area contributed by atoms with Gasteiger partial charge in [-0.25, -0.2) is 0 Å². The molecular weight excluding hydrogens is 243 g/mol. The van der Waals surface area contributed by atoms with E-state index in [9.17, 15) is 13.2 Å². The van der Waals surface area contributed by atoms with Crippen LogP contribution in [0, 0.1) is 0 Å². The Kier molecular flexibility index (Phi) is 3.45. The number of ether oxygens (including phenoxy) is 1. The van der Waals surface area contributed by atoms with Crippen LogP contribution < -0.4 is 0 Å². The molecule has 0 fully saturated rings. The lowest BCUT2D eigenvalue weighted by Crippen LogP contribution is -2.26. The SMILES string of the molecule is COC1CCn2c(cc(C(F)(F)F)c2C(C)C)C1. The van der Waals surface area contributed by atoms with E-state index in [4.69, 9.17) is 4.74 Å². The van der Waals surface area contributed by atoms with Crippen molar-refractivity contribution in [2.24, 2.45) is 0 Å². The van der Waals surface area contributed by atoms with Crippen molar-refractivity contribution in [3.05, 3.63) is 23.0 Å². The van der Waals surface area contributed by atoms with Gasteiger partial charge in [0.1, 0.15) is 0 Å². The maximum atomic E-state index is 13.0. The Morgan fingerprint density at radius 2 is 2.06 bits per heavy atom. The van der Waals surface area contributed by atoms with Gasteiger partial charge in [-0.05, 0) is 18.4 Å². The monoisotopic (exact) mass is 261 g/mol. The molecule has 2 nitrogen and oxygen atoms in total. The fourth-order valence-electron chi connectivity index (χ4n) is 2.71. The van der Waals surface area contributed by atoms with Crippen molar-refractivity contribution in [3.63, 3.8) is 0 Å². The molecule has 1 aliphatic heterocycles. The van der Waals surface area contributed by atoms with E-state index in [1.807, 2.05) is 4.57 Å². The highest BCUT2D eigenvalue weighted by atomic mass is 19.4. The number of halogens is 3. The molecule has 2 rings (SSSR count). The fraction of sp³-hybridized carbons (Fsp3) is 0.692. The summed E-state index contributed by atoms with van der Waals surface area (Å²) >= 11 is 0. The van der Waals surface area contributed by atoms with Crippen molar-refractivity contribution < 1.29 is 17.9 Å². The number of hydrogen-bond acceptors (Lipinski definition) is 1. The molecule has 5 heteroatoms. The van der Waals surface area contributed by atoms with E-state index < -0.39 is 11.7 Å². The first-order valence-electron chi connectivity index (χ1n) is 6.17. The van der Waals surface area contributed by atoms with E-state index in [1.54, 1.807) is 21.0 Å². The standard InChI is InChI=1S/C13H18F3NO/c1-8(2)12-11(13(14,15)16)7-9-6-10(18-3)4-5-17(9)12/h7-8,10H,4-6H2,1-3H3. The minimum Gasteiger partial charge on any atom is -0.381 e. The third kappa shape index (κ3) is 2.28. The molecule has 0 saturated heterocycles. The maximum Gasteiger partial charge on any atom is 0.418 e. The number of fused-ring (bicyclic) bond motifs is 1. The summed E-state index contributed by atoms with van der Waals surface area (Å²) in [5.41, 5.74) is 0.667. The van der Waals surface area contributed by atoms with E-state index in [0.717, 1.165) is 12.1 Å². The predicted octanol–water partition coefficient (Wildman–Crippen LogP) is 3.59. The molecule has 0 radical (unpaired) electrons. The van der Waals surface area contributed by atoms with Crippen molar-refractivity contribution in [2.45, 2.75) is 51.4 Å². The molecule has 1 aliphatic rings. The summed E-state index contributed by atoms with van der Waals surface area (Å²) in [5.74, 6) is -0.130. The van der Waals surface area contributed by atoms with Crippen molar-refractivity contribution >= 4 is 0 Å².